The maximum absolute atomic E-state index is 12.7. The van der Waals surface area contributed by atoms with Crippen LogP contribution in [0.5, 0.6) is 5.75 Å². The first-order valence-electron chi connectivity index (χ1n) is 10.7. The monoisotopic (exact) mass is 382 g/mol. The van der Waals surface area contributed by atoms with E-state index in [1.54, 1.807) is 13.0 Å². The van der Waals surface area contributed by atoms with Gasteiger partial charge >= 0.3 is 0 Å². The van der Waals surface area contributed by atoms with Gasteiger partial charge in [-0.1, -0.05) is 82.2 Å². The molecule has 3 nitrogen and oxygen atoms in total. The van der Waals surface area contributed by atoms with E-state index in [9.17, 15) is 14.7 Å². The van der Waals surface area contributed by atoms with Gasteiger partial charge in [0.05, 0.1) is 5.56 Å². The van der Waals surface area contributed by atoms with E-state index in [2.05, 4.69) is 0 Å². The predicted octanol–water partition coefficient (Wildman–Crippen LogP) is 6.85. The van der Waals surface area contributed by atoms with Crippen LogP contribution in [0.15, 0.2) is 36.4 Å². The number of hydrogen-bond donors (Lipinski definition) is 1. The summed E-state index contributed by atoms with van der Waals surface area (Å²) < 4.78 is 0. The SMILES string of the molecule is CC(=O)CCCCCCCCCCC(C)C(=O)c1ccc2ccccc2c1O. The van der Waals surface area contributed by atoms with Crippen LogP contribution in [0.3, 0.4) is 0 Å². The van der Waals surface area contributed by atoms with E-state index in [0.29, 0.717) is 11.3 Å². The van der Waals surface area contributed by atoms with Crippen LogP contribution in [0.1, 0.15) is 88.4 Å². The first-order valence-corrected chi connectivity index (χ1v) is 10.7. The number of ketones is 2. The summed E-state index contributed by atoms with van der Waals surface area (Å²) in [5.41, 5.74) is 0.441. The molecular formula is C25H34O3. The van der Waals surface area contributed by atoms with Gasteiger partial charge in [0.2, 0.25) is 0 Å². The van der Waals surface area contributed by atoms with Crippen LogP contribution < -0.4 is 0 Å². The molecule has 1 atom stereocenters. The number of hydrogen-bond acceptors (Lipinski definition) is 3. The largest absolute Gasteiger partial charge is 0.507 e. The van der Waals surface area contributed by atoms with Gasteiger partial charge in [-0.25, -0.2) is 0 Å². The third-order valence-corrected chi connectivity index (χ3v) is 5.53. The molecule has 0 radical (unpaired) electrons. The Morgan fingerprint density at radius 1 is 0.857 bits per heavy atom. The van der Waals surface area contributed by atoms with Gasteiger partial charge in [0, 0.05) is 17.7 Å². The number of benzene rings is 2. The Bertz CT molecular complexity index is 778. The maximum atomic E-state index is 12.7. The Hall–Kier alpha value is -2.16. The normalized spacial score (nSPS) is 12.2. The molecule has 0 aliphatic carbocycles. The van der Waals surface area contributed by atoms with E-state index >= 15 is 0 Å². The van der Waals surface area contributed by atoms with E-state index in [1.165, 1.54) is 25.7 Å². The quantitative estimate of drug-likeness (QED) is 0.304. The topological polar surface area (TPSA) is 54.4 Å². The van der Waals surface area contributed by atoms with Gasteiger partial charge in [0.1, 0.15) is 11.5 Å². The standard InChI is InChI=1S/C25H34O3/c1-19(13-9-7-5-3-4-6-8-10-14-20(2)26)24(27)23-18-17-21-15-11-12-16-22(21)25(23)28/h11-12,15-19,28H,3-10,13-14H2,1-2H3. The van der Waals surface area contributed by atoms with Crippen molar-refractivity contribution in [3.63, 3.8) is 0 Å². The number of phenolic OH excluding ortho intramolecular Hbond substituents is 1. The Morgan fingerprint density at radius 2 is 1.46 bits per heavy atom. The summed E-state index contributed by atoms with van der Waals surface area (Å²) in [5.74, 6) is 0.368. The zero-order chi connectivity index (χ0) is 20.4. The Labute approximate surface area is 169 Å². The fourth-order valence-corrected chi connectivity index (χ4v) is 3.74. The first-order chi connectivity index (χ1) is 13.5. The Kier molecular flexibility index (Phi) is 9.19. The summed E-state index contributed by atoms with van der Waals surface area (Å²) in [6.07, 6.45) is 10.8. The molecule has 1 unspecified atom stereocenters. The Morgan fingerprint density at radius 3 is 2.14 bits per heavy atom. The summed E-state index contributed by atoms with van der Waals surface area (Å²) in [7, 11) is 0. The lowest BCUT2D eigenvalue weighted by molar-refractivity contribution is -0.117. The van der Waals surface area contributed by atoms with Crippen LogP contribution >= 0.6 is 0 Å². The van der Waals surface area contributed by atoms with Crippen molar-refractivity contribution in [1.82, 2.24) is 0 Å². The van der Waals surface area contributed by atoms with Gasteiger partial charge in [-0.05, 0) is 31.2 Å². The van der Waals surface area contributed by atoms with Crippen LogP contribution in [0.2, 0.25) is 0 Å². The summed E-state index contributed by atoms with van der Waals surface area (Å²) in [4.78, 5) is 23.6. The zero-order valence-electron chi connectivity index (χ0n) is 17.4. The van der Waals surface area contributed by atoms with Gasteiger partial charge in [-0.15, -0.1) is 0 Å². The highest BCUT2D eigenvalue weighted by molar-refractivity contribution is 6.05. The third kappa shape index (κ3) is 6.78. The number of carbonyl (C=O) groups is 2. The van der Waals surface area contributed by atoms with Crippen molar-refractivity contribution >= 4 is 22.3 Å². The highest BCUT2D eigenvalue weighted by Gasteiger charge is 2.19. The van der Waals surface area contributed by atoms with Crippen molar-refractivity contribution < 1.29 is 14.7 Å². The second-order valence-corrected chi connectivity index (χ2v) is 8.02. The van der Waals surface area contributed by atoms with Crippen molar-refractivity contribution in [2.45, 2.75) is 78.1 Å². The molecule has 0 saturated carbocycles. The minimum atomic E-state index is -0.0707. The lowest BCUT2D eigenvalue weighted by Crippen LogP contribution is -2.11. The zero-order valence-corrected chi connectivity index (χ0v) is 17.4. The lowest BCUT2D eigenvalue weighted by Gasteiger charge is -2.13. The molecular weight excluding hydrogens is 348 g/mol. The first kappa shape index (κ1) is 22.1. The van der Waals surface area contributed by atoms with E-state index < -0.39 is 0 Å². The van der Waals surface area contributed by atoms with E-state index in [4.69, 9.17) is 0 Å². The molecule has 2 aromatic rings. The number of carbonyl (C=O) groups excluding carboxylic acids is 2. The summed E-state index contributed by atoms with van der Waals surface area (Å²) >= 11 is 0. The molecule has 0 aromatic heterocycles. The van der Waals surface area contributed by atoms with Crippen molar-refractivity contribution in [3.8, 4) is 5.75 Å². The van der Waals surface area contributed by atoms with Crippen LogP contribution in [0, 0.1) is 5.92 Å². The molecule has 28 heavy (non-hydrogen) atoms. The van der Waals surface area contributed by atoms with E-state index in [-0.39, 0.29) is 17.5 Å². The molecule has 0 fully saturated rings. The second kappa shape index (κ2) is 11.6. The van der Waals surface area contributed by atoms with Gasteiger partial charge < -0.3 is 9.90 Å². The summed E-state index contributed by atoms with van der Waals surface area (Å²) in [6.45, 7) is 3.62. The second-order valence-electron chi connectivity index (χ2n) is 8.02. The highest BCUT2D eigenvalue weighted by Crippen LogP contribution is 2.31. The van der Waals surface area contributed by atoms with Crippen LogP contribution in [-0.4, -0.2) is 16.7 Å². The maximum Gasteiger partial charge on any atom is 0.169 e. The molecule has 0 spiro atoms. The smallest absolute Gasteiger partial charge is 0.169 e. The van der Waals surface area contributed by atoms with Crippen LogP contribution in [0.25, 0.3) is 10.8 Å². The van der Waals surface area contributed by atoms with Gasteiger partial charge in [0.15, 0.2) is 5.78 Å². The number of aromatic hydroxyl groups is 1. The summed E-state index contributed by atoms with van der Waals surface area (Å²) in [6, 6.07) is 11.3. The molecule has 152 valence electrons. The van der Waals surface area contributed by atoms with Crippen LogP contribution in [0.4, 0.5) is 0 Å². The van der Waals surface area contributed by atoms with E-state index in [1.807, 2.05) is 37.3 Å². The van der Waals surface area contributed by atoms with Gasteiger partial charge in [0.25, 0.3) is 0 Å². The van der Waals surface area contributed by atoms with Gasteiger partial charge in [-0.3, -0.25) is 4.79 Å². The molecule has 0 heterocycles. The molecule has 2 rings (SSSR count). The minimum Gasteiger partial charge on any atom is -0.507 e. The number of phenols is 1. The third-order valence-electron chi connectivity index (χ3n) is 5.53. The molecule has 0 aliphatic heterocycles. The number of rotatable bonds is 13. The fraction of sp³-hybridized carbons (Fsp3) is 0.520. The molecule has 0 bridgehead atoms. The average Bonchev–Trinajstić information content (AvgIpc) is 2.69. The predicted molar refractivity (Wildman–Crippen MR) is 116 cm³/mol. The van der Waals surface area contributed by atoms with E-state index in [0.717, 1.165) is 49.3 Å². The van der Waals surface area contributed by atoms with Crippen molar-refractivity contribution in [1.29, 1.82) is 0 Å². The molecule has 1 N–H and O–H groups in total. The van der Waals surface area contributed by atoms with Gasteiger partial charge in [-0.2, -0.15) is 0 Å². The van der Waals surface area contributed by atoms with Crippen molar-refractivity contribution in [3.05, 3.63) is 42.0 Å². The Balaban J connectivity index is 1.67. The average molecular weight is 383 g/mol. The minimum absolute atomic E-state index is 0.0359. The molecule has 0 saturated heterocycles. The van der Waals surface area contributed by atoms with Crippen molar-refractivity contribution in [2.24, 2.45) is 5.92 Å². The number of fused-ring (bicyclic) bond motifs is 1. The summed E-state index contributed by atoms with van der Waals surface area (Å²) in [5, 5.41) is 12.2. The molecule has 0 aliphatic rings. The fourth-order valence-electron chi connectivity index (χ4n) is 3.74. The lowest BCUT2D eigenvalue weighted by atomic mass is 9.92. The number of unbranched alkanes of at least 4 members (excludes halogenated alkanes) is 7. The molecule has 2 aromatic carbocycles. The highest BCUT2D eigenvalue weighted by atomic mass is 16.3. The molecule has 3 heteroatoms. The molecule has 0 amide bonds. The van der Waals surface area contributed by atoms with Crippen molar-refractivity contribution in [2.75, 3.05) is 0 Å². The van der Waals surface area contributed by atoms with Crippen LogP contribution in [-0.2, 0) is 4.79 Å². The number of Topliss-reactive ketones (excluding diaryl/α,β-unsaturated/α-hetero) is 2.